The number of para-hydroxylation sites is 2. The van der Waals surface area contributed by atoms with Crippen LogP contribution >= 0.6 is 0 Å². The average Bonchev–Trinajstić information content (AvgIpc) is 3.16. The Morgan fingerprint density at radius 2 is 1.73 bits per heavy atom. The molecule has 1 aromatic carbocycles. The minimum Gasteiger partial charge on any atom is -0.440 e. The predicted molar refractivity (Wildman–Crippen MR) is 116 cm³/mol. The van der Waals surface area contributed by atoms with Crippen LogP contribution < -0.4 is 5.32 Å². The van der Waals surface area contributed by atoms with Gasteiger partial charge in [0.2, 0.25) is 5.91 Å². The van der Waals surface area contributed by atoms with Gasteiger partial charge in [0.05, 0.1) is 6.04 Å². The number of amides is 1. The van der Waals surface area contributed by atoms with Gasteiger partial charge in [0, 0.05) is 11.5 Å². The Balaban J connectivity index is 1.08. The topological polar surface area (TPSA) is 58.4 Å². The number of benzene rings is 1. The Labute approximate surface area is 178 Å². The molecule has 1 saturated heterocycles. The number of piperidine rings is 1. The van der Waals surface area contributed by atoms with Crippen molar-refractivity contribution in [1.29, 1.82) is 0 Å². The van der Waals surface area contributed by atoms with Crippen molar-refractivity contribution in [2.24, 2.45) is 17.8 Å². The number of hydrogen-bond donors (Lipinski definition) is 1. The third kappa shape index (κ3) is 3.26. The van der Waals surface area contributed by atoms with Crippen molar-refractivity contribution < 1.29 is 9.21 Å². The molecular formula is C25H33N3O2. The highest BCUT2D eigenvalue weighted by Gasteiger charge is 2.51. The third-order valence-corrected chi connectivity index (χ3v) is 8.54. The zero-order valence-corrected chi connectivity index (χ0v) is 18.0. The third-order valence-electron chi connectivity index (χ3n) is 8.54. The van der Waals surface area contributed by atoms with Crippen molar-refractivity contribution in [3.63, 3.8) is 0 Å². The summed E-state index contributed by atoms with van der Waals surface area (Å²) in [4.78, 5) is 20.3. The molecule has 5 nitrogen and oxygen atoms in total. The largest absolute Gasteiger partial charge is 0.440 e. The van der Waals surface area contributed by atoms with E-state index in [2.05, 4.69) is 17.1 Å². The van der Waals surface area contributed by atoms with E-state index < -0.39 is 0 Å². The molecule has 2 heterocycles. The predicted octanol–water partition coefficient (Wildman–Crippen LogP) is 4.48. The molecule has 5 aliphatic rings. The van der Waals surface area contributed by atoms with Crippen LogP contribution in [0.15, 0.2) is 28.7 Å². The number of fused-ring (bicyclic) bond motifs is 1. The van der Waals surface area contributed by atoms with Crippen LogP contribution in [0.4, 0.5) is 0 Å². The molecule has 30 heavy (non-hydrogen) atoms. The molecule has 0 radical (unpaired) electrons. The molecule has 1 N–H and O–H groups in total. The molecule has 4 bridgehead atoms. The lowest BCUT2D eigenvalue weighted by Gasteiger charge is -2.57. The first-order chi connectivity index (χ1) is 14.6. The maximum Gasteiger partial charge on any atom is 0.237 e. The van der Waals surface area contributed by atoms with Crippen LogP contribution in [0.1, 0.15) is 70.1 Å². The van der Waals surface area contributed by atoms with E-state index >= 15 is 0 Å². The van der Waals surface area contributed by atoms with Gasteiger partial charge in [0.15, 0.2) is 11.5 Å². The highest BCUT2D eigenvalue weighted by molar-refractivity contribution is 5.82. The molecule has 4 saturated carbocycles. The molecular weight excluding hydrogens is 374 g/mol. The van der Waals surface area contributed by atoms with Crippen molar-refractivity contribution in [3.05, 3.63) is 30.2 Å². The highest BCUT2D eigenvalue weighted by atomic mass is 16.3. The van der Waals surface area contributed by atoms with E-state index in [0.29, 0.717) is 5.92 Å². The molecule has 5 heteroatoms. The van der Waals surface area contributed by atoms with Crippen LogP contribution in [-0.2, 0) is 4.79 Å². The van der Waals surface area contributed by atoms with Crippen LogP contribution in [-0.4, -0.2) is 40.5 Å². The molecule has 5 fully saturated rings. The fourth-order valence-electron chi connectivity index (χ4n) is 7.39. The van der Waals surface area contributed by atoms with Crippen LogP contribution in [0.2, 0.25) is 0 Å². The first-order valence-corrected chi connectivity index (χ1v) is 12.0. The monoisotopic (exact) mass is 407 g/mol. The Kier molecular flexibility index (Phi) is 4.45. The standard InChI is InChI=1S/C25H33N3O2/c1-16(23(29)27-25-13-17-10-18(14-25)12-19(11-17)15-25)28-8-6-20(7-9-28)24-26-21-4-2-3-5-22(21)30-24/h2-5,16-20H,6-15H2,1H3,(H,27,29). The number of aromatic nitrogens is 1. The lowest BCUT2D eigenvalue weighted by atomic mass is 9.53. The number of carbonyl (C=O) groups is 1. The summed E-state index contributed by atoms with van der Waals surface area (Å²) in [5.41, 5.74) is 1.92. The zero-order chi connectivity index (χ0) is 20.3. The average molecular weight is 408 g/mol. The second-order valence-corrected chi connectivity index (χ2v) is 10.7. The van der Waals surface area contributed by atoms with Crippen molar-refractivity contribution in [2.45, 2.75) is 75.8 Å². The zero-order valence-electron chi connectivity index (χ0n) is 18.0. The van der Waals surface area contributed by atoms with Crippen LogP contribution in [0.5, 0.6) is 0 Å². The summed E-state index contributed by atoms with van der Waals surface area (Å²) in [6, 6.07) is 7.93. The number of nitrogens with zero attached hydrogens (tertiary/aromatic N) is 2. The Bertz CT molecular complexity index is 874. The summed E-state index contributed by atoms with van der Waals surface area (Å²) in [6.07, 6.45) is 9.89. The summed E-state index contributed by atoms with van der Waals surface area (Å²) in [6.45, 7) is 3.95. The Morgan fingerprint density at radius 1 is 1.10 bits per heavy atom. The molecule has 160 valence electrons. The minimum absolute atomic E-state index is 0.0532. The first kappa shape index (κ1) is 18.9. The summed E-state index contributed by atoms with van der Waals surface area (Å²) in [5, 5.41) is 3.57. The van der Waals surface area contributed by atoms with Gasteiger partial charge in [0.1, 0.15) is 5.52 Å². The number of carbonyl (C=O) groups excluding carboxylic acids is 1. The van der Waals surface area contributed by atoms with Gasteiger partial charge in [0.25, 0.3) is 0 Å². The van der Waals surface area contributed by atoms with Crippen LogP contribution in [0.25, 0.3) is 11.1 Å². The second kappa shape index (κ2) is 7.08. The summed E-state index contributed by atoms with van der Waals surface area (Å²) < 4.78 is 6.00. The highest BCUT2D eigenvalue weighted by Crippen LogP contribution is 2.55. The summed E-state index contributed by atoms with van der Waals surface area (Å²) >= 11 is 0. The van der Waals surface area contributed by atoms with Gasteiger partial charge in [-0.3, -0.25) is 9.69 Å². The van der Waals surface area contributed by atoms with Crippen molar-refractivity contribution in [2.75, 3.05) is 13.1 Å². The molecule has 1 aromatic heterocycles. The summed E-state index contributed by atoms with van der Waals surface area (Å²) in [7, 11) is 0. The van der Waals surface area contributed by atoms with E-state index in [0.717, 1.165) is 60.7 Å². The van der Waals surface area contributed by atoms with E-state index in [-0.39, 0.29) is 17.5 Å². The number of oxazole rings is 1. The minimum atomic E-state index is -0.0532. The van der Waals surface area contributed by atoms with Gasteiger partial charge in [-0.1, -0.05) is 12.1 Å². The van der Waals surface area contributed by atoms with Crippen LogP contribution in [0, 0.1) is 17.8 Å². The van der Waals surface area contributed by atoms with E-state index in [9.17, 15) is 4.79 Å². The van der Waals surface area contributed by atoms with E-state index in [1.54, 1.807) is 0 Å². The molecule has 4 aliphatic carbocycles. The van der Waals surface area contributed by atoms with Gasteiger partial charge < -0.3 is 9.73 Å². The van der Waals surface area contributed by atoms with Crippen molar-refractivity contribution >= 4 is 17.0 Å². The normalized spacial score (nSPS) is 35.0. The smallest absolute Gasteiger partial charge is 0.237 e. The fourth-order valence-corrected chi connectivity index (χ4v) is 7.39. The maximum atomic E-state index is 13.2. The van der Waals surface area contributed by atoms with Gasteiger partial charge >= 0.3 is 0 Å². The first-order valence-electron chi connectivity index (χ1n) is 12.0. The van der Waals surface area contributed by atoms with Gasteiger partial charge in [-0.15, -0.1) is 0 Å². The van der Waals surface area contributed by atoms with E-state index in [4.69, 9.17) is 9.40 Å². The lowest BCUT2D eigenvalue weighted by molar-refractivity contribution is -0.132. The van der Waals surface area contributed by atoms with E-state index in [1.807, 2.05) is 24.3 Å². The maximum absolute atomic E-state index is 13.2. The summed E-state index contributed by atoms with van der Waals surface area (Å²) in [5.74, 6) is 4.04. The Hall–Kier alpha value is -1.88. The molecule has 1 atom stereocenters. The number of likely N-dealkylation sites (tertiary alicyclic amines) is 1. The quantitative estimate of drug-likeness (QED) is 0.812. The second-order valence-electron chi connectivity index (χ2n) is 10.7. The number of hydrogen-bond acceptors (Lipinski definition) is 4. The molecule has 2 aromatic rings. The molecule has 0 spiro atoms. The fraction of sp³-hybridized carbons (Fsp3) is 0.680. The van der Waals surface area contributed by atoms with E-state index in [1.165, 1.54) is 38.5 Å². The van der Waals surface area contributed by atoms with Crippen LogP contribution in [0.3, 0.4) is 0 Å². The molecule has 1 unspecified atom stereocenters. The number of rotatable bonds is 4. The number of nitrogens with one attached hydrogen (secondary N) is 1. The SMILES string of the molecule is CC(C(=O)NC12CC3CC(CC(C3)C1)C2)N1CCC(c2nc3ccccc3o2)CC1. The van der Waals surface area contributed by atoms with Crippen molar-refractivity contribution in [1.82, 2.24) is 15.2 Å². The van der Waals surface area contributed by atoms with Gasteiger partial charge in [-0.2, -0.15) is 0 Å². The van der Waals surface area contributed by atoms with Gasteiger partial charge in [-0.05, 0) is 101 Å². The Morgan fingerprint density at radius 3 is 2.37 bits per heavy atom. The molecule has 7 rings (SSSR count). The molecule has 1 amide bonds. The lowest BCUT2D eigenvalue weighted by Crippen LogP contribution is -2.62. The van der Waals surface area contributed by atoms with Gasteiger partial charge in [-0.25, -0.2) is 4.98 Å². The molecule has 1 aliphatic heterocycles. The van der Waals surface area contributed by atoms with Crippen molar-refractivity contribution in [3.8, 4) is 0 Å².